The molecule has 5 rings (SSSR count). The van der Waals surface area contributed by atoms with Crippen LogP contribution in [0.5, 0.6) is 0 Å². The van der Waals surface area contributed by atoms with Crippen molar-refractivity contribution in [3.63, 3.8) is 0 Å². The number of carbonyl (C=O) groups is 1. The molecule has 4 aromatic carbocycles. The Morgan fingerprint density at radius 2 is 1.60 bits per heavy atom. The van der Waals surface area contributed by atoms with Crippen molar-refractivity contribution in [2.24, 2.45) is 4.99 Å². The average molecular weight is 429 g/mol. The molecule has 5 heteroatoms. The number of amidine groups is 1. The van der Waals surface area contributed by atoms with Gasteiger partial charge in [0.05, 0.1) is 10.6 Å². The van der Waals surface area contributed by atoms with Gasteiger partial charge in [0.25, 0.3) is 5.91 Å². The summed E-state index contributed by atoms with van der Waals surface area (Å²) in [4.78, 5) is 17.9. The van der Waals surface area contributed by atoms with Gasteiger partial charge in [0.15, 0.2) is 5.17 Å². The summed E-state index contributed by atoms with van der Waals surface area (Å²) in [5, 5.41) is 8.59. The van der Waals surface area contributed by atoms with Crippen molar-refractivity contribution in [3.05, 3.63) is 93.9 Å². The molecule has 0 atom stereocenters. The Balaban J connectivity index is 1.61. The summed E-state index contributed by atoms with van der Waals surface area (Å²) in [6.07, 6.45) is 1.97. The van der Waals surface area contributed by atoms with Crippen molar-refractivity contribution in [2.75, 3.05) is 0 Å². The first kappa shape index (κ1) is 18.9. The molecule has 0 bridgehead atoms. The van der Waals surface area contributed by atoms with Crippen LogP contribution < -0.4 is 5.32 Å². The van der Waals surface area contributed by atoms with Gasteiger partial charge in [-0.05, 0) is 75.6 Å². The van der Waals surface area contributed by atoms with Gasteiger partial charge in [0.2, 0.25) is 0 Å². The lowest BCUT2D eigenvalue weighted by atomic mass is 9.96. The molecule has 1 aliphatic rings. The Morgan fingerprint density at radius 1 is 0.933 bits per heavy atom. The summed E-state index contributed by atoms with van der Waals surface area (Å²) >= 11 is 7.45. The number of nitrogens with zero attached hydrogens (tertiary/aromatic N) is 1. The molecule has 1 saturated heterocycles. The summed E-state index contributed by atoms with van der Waals surface area (Å²) in [6.45, 7) is 1.97. The molecule has 0 aliphatic carbocycles. The molecule has 1 heterocycles. The van der Waals surface area contributed by atoms with Crippen LogP contribution in [0.2, 0.25) is 5.02 Å². The van der Waals surface area contributed by atoms with E-state index in [4.69, 9.17) is 11.6 Å². The van der Waals surface area contributed by atoms with Crippen LogP contribution in [-0.4, -0.2) is 11.1 Å². The molecule has 0 saturated carbocycles. The van der Waals surface area contributed by atoms with Gasteiger partial charge in [0.1, 0.15) is 0 Å². The molecule has 3 nitrogen and oxygen atoms in total. The zero-order chi connectivity index (χ0) is 20.7. The summed E-state index contributed by atoms with van der Waals surface area (Å²) in [5.74, 6) is -0.143. The predicted molar refractivity (Wildman–Crippen MR) is 128 cm³/mol. The largest absolute Gasteiger partial charge is 0.300 e. The fraction of sp³-hybridized carbons (Fsp3) is 0.0400. The number of benzene rings is 4. The number of hydrogen-bond donors (Lipinski definition) is 1. The van der Waals surface area contributed by atoms with Crippen LogP contribution in [0.1, 0.15) is 11.1 Å². The van der Waals surface area contributed by atoms with Crippen molar-refractivity contribution in [2.45, 2.75) is 6.92 Å². The first-order valence-electron chi connectivity index (χ1n) is 9.55. The van der Waals surface area contributed by atoms with Gasteiger partial charge >= 0.3 is 0 Å². The maximum atomic E-state index is 12.7. The van der Waals surface area contributed by atoms with E-state index < -0.39 is 0 Å². The lowest BCUT2D eigenvalue weighted by Crippen LogP contribution is -2.19. The van der Waals surface area contributed by atoms with E-state index in [1.165, 1.54) is 11.8 Å². The zero-order valence-corrected chi connectivity index (χ0v) is 17.7. The van der Waals surface area contributed by atoms with Crippen molar-refractivity contribution < 1.29 is 4.79 Å². The minimum absolute atomic E-state index is 0.143. The molecule has 1 amide bonds. The van der Waals surface area contributed by atoms with Crippen molar-refractivity contribution in [1.82, 2.24) is 5.32 Å². The van der Waals surface area contributed by atoms with Crippen molar-refractivity contribution in [3.8, 4) is 0 Å². The van der Waals surface area contributed by atoms with Gasteiger partial charge in [-0.3, -0.25) is 4.79 Å². The van der Waals surface area contributed by atoms with E-state index in [1.807, 2.05) is 49.4 Å². The second-order valence-electron chi connectivity index (χ2n) is 7.15. The monoisotopic (exact) mass is 428 g/mol. The lowest BCUT2D eigenvalue weighted by Gasteiger charge is -2.08. The Bertz CT molecular complexity index is 1340. The van der Waals surface area contributed by atoms with Crippen LogP contribution in [0, 0.1) is 6.92 Å². The second-order valence-corrected chi connectivity index (χ2v) is 8.61. The minimum Gasteiger partial charge on any atom is -0.300 e. The van der Waals surface area contributed by atoms with Crippen LogP contribution in [-0.2, 0) is 4.79 Å². The van der Waals surface area contributed by atoms with E-state index in [9.17, 15) is 4.79 Å². The minimum atomic E-state index is -0.143. The highest BCUT2D eigenvalue weighted by atomic mass is 35.5. The van der Waals surface area contributed by atoms with Gasteiger partial charge in [-0.15, -0.1) is 0 Å². The smallest absolute Gasteiger partial charge is 0.264 e. The zero-order valence-electron chi connectivity index (χ0n) is 16.1. The van der Waals surface area contributed by atoms with E-state index in [0.717, 1.165) is 38.4 Å². The van der Waals surface area contributed by atoms with E-state index in [1.54, 1.807) is 6.07 Å². The third kappa shape index (κ3) is 3.49. The number of aryl methyl sites for hydroxylation is 1. The highest BCUT2D eigenvalue weighted by molar-refractivity contribution is 8.18. The van der Waals surface area contributed by atoms with Gasteiger partial charge in [0, 0.05) is 5.02 Å². The van der Waals surface area contributed by atoms with E-state index in [-0.39, 0.29) is 5.91 Å². The Kier molecular flexibility index (Phi) is 4.81. The van der Waals surface area contributed by atoms with E-state index >= 15 is 0 Å². The number of rotatable bonds is 2. The highest BCUT2D eigenvalue weighted by Crippen LogP contribution is 2.35. The van der Waals surface area contributed by atoms with Gasteiger partial charge < -0.3 is 5.32 Å². The summed E-state index contributed by atoms with van der Waals surface area (Å²) in [5.41, 5.74) is 2.79. The maximum Gasteiger partial charge on any atom is 0.264 e. The van der Waals surface area contributed by atoms with E-state index in [0.29, 0.717) is 15.1 Å². The van der Waals surface area contributed by atoms with Crippen LogP contribution in [0.4, 0.5) is 5.69 Å². The molecule has 4 aromatic rings. The fourth-order valence-electron chi connectivity index (χ4n) is 3.63. The first-order chi connectivity index (χ1) is 14.6. The second kappa shape index (κ2) is 7.63. The van der Waals surface area contributed by atoms with Crippen molar-refractivity contribution >= 4 is 67.7 Å². The number of halogens is 1. The molecule has 0 unspecified atom stereocenters. The maximum absolute atomic E-state index is 12.7. The molecule has 1 N–H and O–H groups in total. The SMILES string of the molecule is Cc1ccc(Cl)cc1N=C1NC(=O)/C(=C/c2c3ccccc3cc3ccccc23)S1. The molecule has 1 fully saturated rings. The third-order valence-electron chi connectivity index (χ3n) is 5.13. The number of thioether (sulfide) groups is 1. The molecule has 0 spiro atoms. The molecular weight excluding hydrogens is 412 g/mol. The summed E-state index contributed by atoms with van der Waals surface area (Å²) in [6, 6.07) is 24.2. The quantitative estimate of drug-likeness (QED) is 0.280. The van der Waals surface area contributed by atoms with Gasteiger partial charge in [-0.1, -0.05) is 66.2 Å². The number of amides is 1. The Hall–Kier alpha value is -3.08. The topological polar surface area (TPSA) is 41.5 Å². The normalized spacial score (nSPS) is 16.7. The third-order valence-corrected chi connectivity index (χ3v) is 6.28. The molecule has 1 aliphatic heterocycles. The van der Waals surface area contributed by atoms with Crippen LogP contribution in [0.15, 0.2) is 82.7 Å². The summed E-state index contributed by atoms with van der Waals surface area (Å²) in [7, 11) is 0. The van der Waals surface area contributed by atoms with Crippen LogP contribution >= 0.6 is 23.4 Å². The van der Waals surface area contributed by atoms with Crippen LogP contribution in [0.3, 0.4) is 0 Å². The first-order valence-corrected chi connectivity index (χ1v) is 10.7. The molecular formula is C25H17ClN2OS. The van der Waals surface area contributed by atoms with Crippen LogP contribution in [0.25, 0.3) is 27.6 Å². The molecule has 146 valence electrons. The molecule has 0 radical (unpaired) electrons. The number of aliphatic imine (C=N–C) groups is 1. The van der Waals surface area contributed by atoms with Gasteiger partial charge in [-0.2, -0.15) is 0 Å². The number of fused-ring (bicyclic) bond motifs is 2. The van der Waals surface area contributed by atoms with E-state index in [2.05, 4.69) is 40.6 Å². The van der Waals surface area contributed by atoms with Gasteiger partial charge in [-0.25, -0.2) is 4.99 Å². The number of hydrogen-bond acceptors (Lipinski definition) is 3. The molecule has 30 heavy (non-hydrogen) atoms. The molecule has 0 aromatic heterocycles. The average Bonchev–Trinajstić information content (AvgIpc) is 3.09. The fourth-order valence-corrected chi connectivity index (χ4v) is 4.61. The number of carbonyl (C=O) groups excluding carboxylic acids is 1. The van der Waals surface area contributed by atoms with Crippen molar-refractivity contribution in [1.29, 1.82) is 0 Å². The standard InChI is InChI=1S/C25H17ClN2OS/c1-15-10-11-18(26)13-22(15)27-25-28-24(29)23(30-25)14-21-19-8-4-2-6-16(19)12-17-7-3-5-9-20(17)21/h2-14H,1H3,(H,27,28,29)/b23-14-. The highest BCUT2D eigenvalue weighted by Gasteiger charge is 2.24. The number of nitrogens with one attached hydrogen (secondary N) is 1. The Morgan fingerprint density at radius 3 is 2.30 bits per heavy atom. The Labute approximate surface area is 183 Å². The summed E-state index contributed by atoms with van der Waals surface area (Å²) < 4.78 is 0. The predicted octanol–water partition coefficient (Wildman–Crippen LogP) is 6.85. The lowest BCUT2D eigenvalue weighted by molar-refractivity contribution is -0.115.